The van der Waals surface area contributed by atoms with Gasteiger partial charge in [0.1, 0.15) is 5.75 Å². The van der Waals surface area contributed by atoms with Crippen LogP contribution in [-0.2, 0) is 16.5 Å². The number of hydrogen-bond acceptors (Lipinski definition) is 3. The van der Waals surface area contributed by atoms with Gasteiger partial charge in [-0.2, -0.15) is 8.42 Å². The molecule has 4 nitrogen and oxygen atoms in total. The molecule has 0 spiro atoms. The number of benzene rings is 1. The standard InChI is InChI=1S/C9H11ClO4S/c10-9-4-2-1-3-7(9)5-8(11)6-15(12,13)14/h1-4,8,11H,5-6H2,(H,12,13,14). The molecule has 15 heavy (non-hydrogen) atoms. The van der Waals surface area contributed by atoms with E-state index < -0.39 is 22.0 Å². The summed E-state index contributed by atoms with van der Waals surface area (Å²) < 4.78 is 29.5. The molecule has 1 aromatic rings. The van der Waals surface area contributed by atoms with Crippen LogP contribution in [0.4, 0.5) is 0 Å². The van der Waals surface area contributed by atoms with Crippen molar-refractivity contribution in [3.63, 3.8) is 0 Å². The largest absolute Gasteiger partial charge is 0.392 e. The highest BCUT2D eigenvalue weighted by Crippen LogP contribution is 2.16. The average molecular weight is 251 g/mol. The van der Waals surface area contributed by atoms with Gasteiger partial charge in [-0.25, -0.2) is 0 Å². The molecule has 0 bridgehead atoms. The fourth-order valence-corrected chi connectivity index (χ4v) is 2.04. The van der Waals surface area contributed by atoms with Crippen LogP contribution in [0.2, 0.25) is 5.02 Å². The second-order valence-corrected chi connectivity index (χ2v) is 5.10. The van der Waals surface area contributed by atoms with Crippen molar-refractivity contribution in [2.75, 3.05) is 5.75 Å². The van der Waals surface area contributed by atoms with Gasteiger partial charge >= 0.3 is 0 Å². The highest BCUT2D eigenvalue weighted by Gasteiger charge is 2.15. The first-order valence-electron chi connectivity index (χ1n) is 4.25. The molecule has 0 aromatic heterocycles. The second kappa shape index (κ2) is 4.94. The Morgan fingerprint density at radius 3 is 2.47 bits per heavy atom. The number of hydrogen-bond donors (Lipinski definition) is 2. The minimum absolute atomic E-state index is 0.0967. The van der Waals surface area contributed by atoms with E-state index in [0.717, 1.165) is 0 Å². The Balaban J connectivity index is 2.67. The van der Waals surface area contributed by atoms with E-state index in [1.165, 1.54) is 0 Å². The van der Waals surface area contributed by atoms with Gasteiger partial charge < -0.3 is 5.11 Å². The minimum Gasteiger partial charge on any atom is -0.392 e. The molecule has 2 N–H and O–H groups in total. The molecule has 0 heterocycles. The summed E-state index contributed by atoms with van der Waals surface area (Å²) >= 11 is 5.82. The van der Waals surface area contributed by atoms with Gasteiger partial charge in [-0.1, -0.05) is 29.8 Å². The zero-order chi connectivity index (χ0) is 11.5. The van der Waals surface area contributed by atoms with Crippen molar-refractivity contribution in [1.29, 1.82) is 0 Å². The van der Waals surface area contributed by atoms with Crippen molar-refractivity contribution >= 4 is 21.7 Å². The molecule has 0 aliphatic carbocycles. The van der Waals surface area contributed by atoms with Gasteiger partial charge in [0.15, 0.2) is 0 Å². The van der Waals surface area contributed by atoms with E-state index >= 15 is 0 Å². The van der Waals surface area contributed by atoms with E-state index in [0.29, 0.717) is 10.6 Å². The molecule has 1 rings (SSSR count). The van der Waals surface area contributed by atoms with Crippen LogP contribution >= 0.6 is 11.6 Å². The predicted octanol–water partition coefficient (Wildman–Crippen LogP) is 1.13. The Hall–Kier alpha value is -0.620. The number of aliphatic hydroxyl groups excluding tert-OH is 1. The number of halogens is 1. The fourth-order valence-electron chi connectivity index (χ4n) is 1.22. The molecule has 0 saturated heterocycles. The predicted molar refractivity (Wildman–Crippen MR) is 57.6 cm³/mol. The molecule has 0 aliphatic rings. The summed E-state index contributed by atoms with van der Waals surface area (Å²) in [4.78, 5) is 0. The first kappa shape index (κ1) is 12.4. The maximum Gasteiger partial charge on any atom is 0.267 e. The van der Waals surface area contributed by atoms with Crippen molar-refractivity contribution in [2.24, 2.45) is 0 Å². The van der Waals surface area contributed by atoms with Gasteiger partial charge in [0.2, 0.25) is 0 Å². The lowest BCUT2D eigenvalue weighted by Crippen LogP contribution is -2.22. The molecule has 1 unspecified atom stereocenters. The lowest BCUT2D eigenvalue weighted by molar-refractivity contribution is 0.195. The third-order valence-corrected chi connectivity index (χ3v) is 2.99. The molecule has 6 heteroatoms. The maximum atomic E-state index is 10.5. The highest BCUT2D eigenvalue weighted by molar-refractivity contribution is 7.85. The topological polar surface area (TPSA) is 74.6 Å². The Labute approximate surface area is 93.3 Å². The van der Waals surface area contributed by atoms with E-state index in [-0.39, 0.29) is 6.42 Å². The molecule has 84 valence electrons. The SMILES string of the molecule is O=S(=O)(O)CC(O)Cc1ccccc1Cl. The van der Waals surface area contributed by atoms with Crippen LogP contribution < -0.4 is 0 Å². The molecule has 0 amide bonds. The van der Waals surface area contributed by atoms with Gasteiger partial charge in [-0.05, 0) is 11.6 Å². The van der Waals surface area contributed by atoms with Gasteiger partial charge in [0, 0.05) is 11.4 Å². The summed E-state index contributed by atoms with van der Waals surface area (Å²) in [6, 6.07) is 6.81. The van der Waals surface area contributed by atoms with E-state index in [1.54, 1.807) is 24.3 Å². The van der Waals surface area contributed by atoms with Crippen LogP contribution in [0.15, 0.2) is 24.3 Å². The van der Waals surface area contributed by atoms with Crippen molar-refractivity contribution < 1.29 is 18.1 Å². The molecule has 1 atom stereocenters. The third kappa shape index (κ3) is 4.61. The summed E-state index contributed by atoms with van der Waals surface area (Å²) in [6.07, 6.45) is -1.06. The van der Waals surface area contributed by atoms with Crippen LogP contribution in [0.25, 0.3) is 0 Å². The lowest BCUT2D eigenvalue weighted by atomic mass is 10.1. The lowest BCUT2D eigenvalue weighted by Gasteiger charge is -2.09. The van der Waals surface area contributed by atoms with E-state index in [4.69, 9.17) is 16.2 Å². The van der Waals surface area contributed by atoms with Crippen molar-refractivity contribution in [3.05, 3.63) is 34.9 Å². The first-order chi connectivity index (χ1) is 6.88. The highest BCUT2D eigenvalue weighted by atomic mass is 35.5. The zero-order valence-electron chi connectivity index (χ0n) is 7.80. The molecule has 0 aliphatic heterocycles. The summed E-state index contributed by atoms with van der Waals surface area (Å²) in [5.41, 5.74) is 0.648. The Morgan fingerprint density at radius 1 is 1.33 bits per heavy atom. The molecular formula is C9H11ClO4S. The van der Waals surface area contributed by atoms with Crippen molar-refractivity contribution in [1.82, 2.24) is 0 Å². The van der Waals surface area contributed by atoms with E-state index in [2.05, 4.69) is 0 Å². The molecule has 0 radical (unpaired) electrons. The Morgan fingerprint density at radius 2 is 1.93 bits per heavy atom. The monoisotopic (exact) mass is 250 g/mol. The summed E-state index contributed by atoms with van der Waals surface area (Å²) in [7, 11) is -4.15. The fraction of sp³-hybridized carbons (Fsp3) is 0.333. The molecular weight excluding hydrogens is 240 g/mol. The van der Waals surface area contributed by atoms with Gasteiger partial charge in [-0.15, -0.1) is 0 Å². The second-order valence-electron chi connectivity index (χ2n) is 3.20. The average Bonchev–Trinajstić information content (AvgIpc) is 2.05. The first-order valence-corrected chi connectivity index (χ1v) is 6.24. The molecule has 0 saturated carbocycles. The van der Waals surface area contributed by atoms with Crippen LogP contribution in [0, 0.1) is 0 Å². The van der Waals surface area contributed by atoms with Gasteiger partial charge in [0.05, 0.1) is 6.10 Å². The molecule has 0 fully saturated rings. The summed E-state index contributed by atoms with van der Waals surface area (Å²) in [5.74, 6) is -0.682. The van der Waals surface area contributed by atoms with Crippen LogP contribution in [-0.4, -0.2) is 29.9 Å². The van der Waals surface area contributed by atoms with Crippen molar-refractivity contribution in [3.8, 4) is 0 Å². The maximum absolute atomic E-state index is 10.5. The van der Waals surface area contributed by atoms with E-state index in [9.17, 15) is 13.5 Å². The zero-order valence-corrected chi connectivity index (χ0v) is 9.37. The van der Waals surface area contributed by atoms with Crippen LogP contribution in [0.1, 0.15) is 5.56 Å². The van der Waals surface area contributed by atoms with Gasteiger partial charge in [0.25, 0.3) is 10.1 Å². The van der Waals surface area contributed by atoms with Gasteiger partial charge in [-0.3, -0.25) is 4.55 Å². The minimum atomic E-state index is -4.15. The normalized spacial score (nSPS) is 13.8. The van der Waals surface area contributed by atoms with E-state index in [1.807, 2.05) is 0 Å². The Kier molecular flexibility index (Phi) is 4.10. The number of aliphatic hydroxyl groups is 1. The van der Waals surface area contributed by atoms with Crippen molar-refractivity contribution in [2.45, 2.75) is 12.5 Å². The van der Waals surface area contributed by atoms with Crippen LogP contribution in [0.3, 0.4) is 0 Å². The smallest absolute Gasteiger partial charge is 0.267 e. The molecule has 1 aromatic carbocycles. The van der Waals surface area contributed by atoms with Crippen LogP contribution in [0.5, 0.6) is 0 Å². The summed E-state index contributed by atoms with van der Waals surface area (Å²) in [6.45, 7) is 0. The Bertz CT molecular complexity index is 429. The summed E-state index contributed by atoms with van der Waals surface area (Å²) in [5, 5.41) is 9.83. The number of rotatable bonds is 4. The quantitative estimate of drug-likeness (QED) is 0.786. The third-order valence-electron chi connectivity index (χ3n) is 1.82.